The highest BCUT2D eigenvalue weighted by atomic mass is 16.4. The van der Waals surface area contributed by atoms with Crippen molar-refractivity contribution >= 4 is 5.97 Å². The summed E-state index contributed by atoms with van der Waals surface area (Å²) in [7, 11) is 0. The Kier molecular flexibility index (Phi) is 1.56. The van der Waals surface area contributed by atoms with Gasteiger partial charge in [-0.1, -0.05) is 5.21 Å². The average Bonchev–Trinajstić information content (AvgIpc) is 2.49. The SMILES string of the molecule is O=C(O)C1CCc2cnnn2C1. The number of rotatable bonds is 1. The maximum Gasteiger partial charge on any atom is 0.308 e. The Hall–Kier alpha value is -1.39. The van der Waals surface area contributed by atoms with Crippen LogP contribution in [0.5, 0.6) is 0 Å². The van der Waals surface area contributed by atoms with Gasteiger partial charge in [-0.25, -0.2) is 4.68 Å². The monoisotopic (exact) mass is 167 g/mol. The van der Waals surface area contributed by atoms with Gasteiger partial charge in [-0.05, 0) is 12.8 Å². The minimum Gasteiger partial charge on any atom is -0.481 e. The molecule has 5 nitrogen and oxygen atoms in total. The van der Waals surface area contributed by atoms with E-state index >= 15 is 0 Å². The number of hydrogen-bond acceptors (Lipinski definition) is 3. The van der Waals surface area contributed by atoms with Gasteiger partial charge in [0, 0.05) is 0 Å². The molecule has 0 bridgehead atoms. The predicted molar refractivity (Wildman–Crippen MR) is 39.5 cm³/mol. The van der Waals surface area contributed by atoms with Gasteiger partial charge in [0.15, 0.2) is 0 Å². The number of carbonyl (C=O) groups is 1. The van der Waals surface area contributed by atoms with E-state index in [0.717, 1.165) is 12.1 Å². The summed E-state index contributed by atoms with van der Waals surface area (Å²) in [5, 5.41) is 16.3. The van der Waals surface area contributed by atoms with Crippen LogP contribution in [0.25, 0.3) is 0 Å². The van der Waals surface area contributed by atoms with Crippen molar-refractivity contribution in [3.63, 3.8) is 0 Å². The molecule has 5 heteroatoms. The van der Waals surface area contributed by atoms with Crippen LogP contribution in [0.2, 0.25) is 0 Å². The third kappa shape index (κ3) is 1.07. The summed E-state index contributed by atoms with van der Waals surface area (Å²) in [6.07, 6.45) is 3.16. The quantitative estimate of drug-likeness (QED) is 0.635. The van der Waals surface area contributed by atoms with Gasteiger partial charge in [0.25, 0.3) is 0 Å². The summed E-state index contributed by atoms with van der Waals surface area (Å²) in [6, 6.07) is 0. The Morgan fingerprint density at radius 2 is 2.58 bits per heavy atom. The van der Waals surface area contributed by atoms with Gasteiger partial charge in [0.2, 0.25) is 0 Å². The van der Waals surface area contributed by atoms with E-state index in [1.165, 1.54) is 0 Å². The van der Waals surface area contributed by atoms with Gasteiger partial charge < -0.3 is 5.11 Å². The van der Waals surface area contributed by atoms with Crippen molar-refractivity contribution in [2.45, 2.75) is 19.4 Å². The van der Waals surface area contributed by atoms with Crippen LogP contribution in [0.1, 0.15) is 12.1 Å². The van der Waals surface area contributed by atoms with Crippen LogP contribution in [0.15, 0.2) is 6.20 Å². The van der Waals surface area contributed by atoms with Crippen LogP contribution in [0, 0.1) is 5.92 Å². The standard InChI is InChI=1S/C7H9N3O2/c11-7(12)5-1-2-6-3-8-9-10(6)4-5/h3,5H,1-2,4H2,(H,11,12). The van der Waals surface area contributed by atoms with Gasteiger partial charge in [0.1, 0.15) is 0 Å². The first-order valence-electron chi connectivity index (χ1n) is 3.87. The molecule has 0 aromatic carbocycles. The van der Waals surface area contributed by atoms with Crippen molar-refractivity contribution in [2.75, 3.05) is 0 Å². The van der Waals surface area contributed by atoms with Crippen LogP contribution >= 0.6 is 0 Å². The van der Waals surface area contributed by atoms with Crippen molar-refractivity contribution in [1.29, 1.82) is 0 Å². The largest absolute Gasteiger partial charge is 0.481 e. The lowest BCUT2D eigenvalue weighted by Gasteiger charge is -2.18. The lowest BCUT2D eigenvalue weighted by atomic mass is 9.99. The predicted octanol–water partition coefficient (Wildman–Crippen LogP) is -0.0749. The Morgan fingerprint density at radius 1 is 1.75 bits per heavy atom. The normalized spacial score (nSPS) is 21.8. The number of aliphatic carboxylic acids is 1. The maximum absolute atomic E-state index is 10.6. The number of hydrogen-bond donors (Lipinski definition) is 1. The molecule has 0 aliphatic carbocycles. The highest BCUT2D eigenvalue weighted by Gasteiger charge is 2.24. The molecular formula is C7H9N3O2. The number of carboxylic acids is 1. The van der Waals surface area contributed by atoms with E-state index in [1.54, 1.807) is 10.9 Å². The second kappa shape index (κ2) is 2.58. The molecule has 1 aromatic heterocycles. The maximum atomic E-state index is 10.6. The zero-order chi connectivity index (χ0) is 8.55. The van der Waals surface area contributed by atoms with E-state index in [4.69, 9.17) is 5.11 Å². The number of nitrogens with zero attached hydrogens (tertiary/aromatic N) is 3. The van der Waals surface area contributed by atoms with Crippen molar-refractivity contribution in [1.82, 2.24) is 15.0 Å². The summed E-state index contributed by atoms with van der Waals surface area (Å²) in [5.41, 5.74) is 1.03. The van der Waals surface area contributed by atoms with E-state index in [2.05, 4.69) is 10.3 Å². The molecule has 1 atom stereocenters. The molecular weight excluding hydrogens is 158 g/mol. The number of aromatic nitrogens is 3. The third-order valence-corrected chi connectivity index (χ3v) is 2.19. The van der Waals surface area contributed by atoms with Gasteiger partial charge >= 0.3 is 5.97 Å². The zero-order valence-electron chi connectivity index (χ0n) is 6.47. The molecule has 64 valence electrons. The molecule has 1 N–H and O–H groups in total. The minimum absolute atomic E-state index is 0.292. The average molecular weight is 167 g/mol. The highest BCUT2D eigenvalue weighted by Crippen LogP contribution is 2.17. The molecule has 0 saturated heterocycles. The van der Waals surface area contributed by atoms with Crippen LogP contribution < -0.4 is 0 Å². The van der Waals surface area contributed by atoms with Crippen LogP contribution in [0.3, 0.4) is 0 Å². The van der Waals surface area contributed by atoms with Gasteiger partial charge in [-0.2, -0.15) is 0 Å². The van der Waals surface area contributed by atoms with Crippen molar-refractivity contribution in [3.8, 4) is 0 Å². The summed E-state index contributed by atoms with van der Waals surface area (Å²) in [4.78, 5) is 10.6. The molecule has 2 heterocycles. The van der Waals surface area contributed by atoms with Crippen LogP contribution in [-0.4, -0.2) is 26.1 Å². The Morgan fingerprint density at radius 3 is 3.33 bits per heavy atom. The summed E-state index contributed by atoms with van der Waals surface area (Å²) >= 11 is 0. The molecule has 12 heavy (non-hydrogen) atoms. The molecule has 0 fully saturated rings. The van der Waals surface area contributed by atoms with E-state index in [9.17, 15) is 4.79 Å². The summed E-state index contributed by atoms with van der Waals surface area (Å²) < 4.78 is 1.67. The smallest absolute Gasteiger partial charge is 0.308 e. The van der Waals surface area contributed by atoms with Gasteiger partial charge in [-0.15, -0.1) is 5.10 Å². The number of aryl methyl sites for hydroxylation is 1. The molecule has 0 amide bonds. The summed E-state index contributed by atoms with van der Waals surface area (Å²) in [5.74, 6) is -1.03. The first-order chi connectivity index (χ1) is 5.77. The molecule has 0 saturated carbocycles. The minimum atomic E-state index is -0.740. The van der Waals surface area contributed by atoms with E-state index in [-0.39, 0.29) is 5.92 Å². The first kappa shape index (κ1) is 7.27. The molecule has 0 spiro atoms. The van der Waals surface area contributed by atoms with Gasteiger partial charge in [-0.3, -0.25) is 4.79 Å². The van der Waals surface area contributed by atoms with Gasteiger partial charge in [0.05, 0.1) is 24.4 Å². The zero-order valence-corrected chi connectivity index (χ0v) is 6.47. The van der Waals surface area contributed by atoms with E-state index in [0.29, 0.717) is 13.0 Å². The molecule has 1 unspecified atom stereocenters. The number of carboxylic acid groups (broad SMARTS) is 1. The van der Waals surface area contributed by atoms with Crippen molar-refractivity contribution in [2.24, 2.45) is 5.92 Å². The molecule has 1 aliphatic heterocycles. The highest BCUT2D eigenvalue weighted by molar-refractivity contribution is 5.70. The topological polar surface area (TPSA) is 68.0 Å². The fraction of sp³-hybridized carbons (Fsp3) is 0.571. The Labute approximate surface area is 69.0 Å². The molecule has 1 aliphatic rings. The molecule has 0 radical (unpaired) electrons. The molecule has 2 rings (SSSR count). The Bertz CT molecular complexity index is 307. The lowest BCUT2D eigenvalue weighted by molar-refractivity contribution is -0.142. The second-order valence-corrected chi connectivity index (χ2v) is 2.98. The van der Waals surface area contributed by atoms with Crippen molar-refractivity contribution < 1.29 is 9.90 Å². The molecule has 1 aromatic rings. The Balaban J connectivity index is 2.20. The third-order valence-electron chi connectivity index (χ3n) is 2.19. The van der Waals surface area contributed by atoms with E-state index in [1.807, 2.05) is 0 Å². The number of fused-ring (bicyclic) bond motifs is 1. The first-order valence-corrected chi connectivity index (χ1v) is 3.87. The lowest BCUT2D eigenvalue weighted by Crippen LogP contribution is -2.26. The fourth-order valence-electron chi connectivity index (χ4n) is 1.45. The van der Waals surface area contributed by atoms with E-state index < -0.39 is 5.97 Å². The van der Waals surface area contributed by atoms with Crippen LogP contribution in [0.4, 0.5) is 0 Å². The second-order valence-electron chi connectivity index (χ2n) is 2.98. The van der Waals surface area contributed by atoms with Crippen LogP contribution in [-0.2, 0) is 17.8 Å². The van der Waals surface area contributed by atoms with Crippen molar-refractivity contribution in [3.05, 3.63) is 11.9 Å². The summed E-state index contributed by atoms with van der Waals surface area (Å²) in [6.45, 7) is 0.463. The fourth-order valence-corrected chi connectivity index (χ4v) is 1.45.